The van der Waals surface area contributed by atoms with Crippen molar-refractivity contribution in [2.45, 2.75) is 32.4 Å². The molecule has 0 spiro atoms. The normalized spacial score (nSPS) is 14.8. The SMILES string of the molecule is CC(C)NCC(C)(O)c1ccc(N(C)C)nc1. The van der Waals surface area contributed by atoms with E-state index in [1.807, 2.05) is 31.1 Å². The number of aromatic nitrogens is 1. The summed E-state index contributed by atoms with van der Waals surface area (Å²) in [5.74, 6) is 0.890. The van der Waals surface area contributed by atoms with Crippen LogP contribution in [0.1, 0.15) is 26.3 Å². The minimum absolute atomic E-state index is 0.357. The van der Waals surface area contributed by atoms with Crippen molar-refractivity contribution in [2.24, 2.45) is 0 Å². The summed E-state index contributed by atoms with van der Waals surface area (Å²) in [6, 6.07) is 4.19. The maximum Gasteiger partial charge on any atom is 0.127 e. The smallest absolute Gasteiger partial charge is 0.127 e. The van der Waals surface area contributed by atoms with Gasteiger partial charge >= 0.3 is 0 Å². The first-order valence-electron chi connectivity index (χ1n) is 5.92. The van der Waals surface area contributed by atoms with Crippen molar-refractivity contribution in [3.8, 4) is 0 Å². The van der Waals surface area contributed by atoms with Gasteiger partial charge in [0.15, 0.2) is 0 Å². The molecule has 0 fully saturated rings. The first-order valence-corrected chi connectivity index (χ1v) is 5.92. The quantitative estimate of drug-likeness (QED) is 0.811. The van der Waals surface area contributed by atoms with Gasteiger partial charge in [0.1, 0.15) is 11.4 Å². The summed E-state index contributed by atoms with van der Waals surface area (Å²) in [7, 11) is 3.89. The first-order chi connectivity index (χ1) is 7.83. The van der Waals surface area contributed by atoms with Gasteiger partial charge in [0.2, 0.25) is 0 Å². The van der Waals surface area contributed by atoms with Crippen LogP contribution in [-0.2, 0) is 5.60 Å². The lowest BCUT2D eigenvalue weighted by molar-refractivity contribution is 0.0546. The van der Waals surface area contributed by atoms with Crippen LogP contribution in [0, 0.1) is 0 Å². The van der Waals surface area contributed by atoms with Crippen LogP contribution >= 0.6 is 0 Å². The summed E-state index contributed by atoms with van der Waals surface area (Å²) in [6.07, 6.45) is 1.73. The van der Waals surface area contributed by atoms with Gasteiger partial charge in [-0.2, -0.15) is 0 Å². The van der Waals surface area contributed by atoms with Gasteiger partial charge in [0.25, 0.3) is 0 Å². The van der Waals surface area contributed by atoms with Crippen LogP contribution in [-0.4, -0.2) is 36.8 Å². The van der Waals surface area contributed by atoms with Gasteiger partial charge in [0, 0.05) is 38.4 Å². The zero-order valence-corrected chi connectivity index (χ0v) is 11.4. The molecule has 4 heteroatoms. The average molecular weight is 237 g/mol. The molecule has 96 valence electrons. The Morgan fingerprint density at radius 2 is 2.06 bits per heavy atom. The number of nitrogens with zero attached hydrogens (tertiary/aromatic N) is 2. The molecule has 0 aliphatic rings. The van der Waals surface area contributed by atoms with Crippen LogP contribution in [0.2, 0.25) is 0 Å². The van der Waals surface area contributed by atoms with Crippen molar-refractivity contribution in [1.29, 1.82) is 0 Å². The summed E-state index contributed by atoms with van der Waals surface area (Å²) in [6.45, 7) is 6.44. The Morgan fingerprint density at radius 1 is 1.41 bits per heavy atom. The third-order valence-electron chi connectivity index (χ3n) is 2.68. The largest absolute Gasteiger partial charge is 0.384 e. The fourth-order valence-electron chi connectivity index (χ4n) is 1.47. The highest BCUT2D eigenvalue weighted by Gasteiger charge is 2.23. The lowest BCUT2D eigenvalue weighted by Gasteiger charge is -2.25. The van der Waals surface area contributed by atoms with Crippen LogP contribution in [0.15, 0.2) is 18.3 Å². The second kappa shape index (κ2) is 5.47. The minimum Gasteiger partial charge on any atom is -0.384 e. The molecular weight excluding hydrogens is 214 g/mol. The molecule has 0 bridgehead atoms. The Hall–Kier alpha value is -1.13. The second-order valence-electron chi connectivity index (χ2n) is 5.11. The zero-order chi connectivity index (χ0) is 13.1. The van der Waals surface area contributed by atoms with Crippen molar-refractivity contribution >= 4 is 5.82 Å². The molecule has 0 amide bonds. The van der Waals surface area contributed by atoms with Gasteiger partial charge < -0.3 is 15.3 Å². The van der Waals surface area contributed by atoms with E-state index in [1.165, 1.54) is 0 Å². The highest BCUT2D eigenvalue weighted by atomic mass is 16.3. The van der Waals surface area contributed by atoms with Crippen LogP contribution in [0.5, 0.6) is 0 Å². The average Bonchev–Trinajstić information content (AvgIpc) is 2.27. The molecule has 1 aromatic heterocycles. The van der Waals surface area contributed by atoms with Gasteiger partial charge in [-0.3, -0.25) is 0 Å². The minimum atomic E-state index is -0.887. The standard InChI is InChI=1S/C13H23N3O/c1-10(2)15-9-13(3,17)11-6-7-12(14-8-11)16(4)5/h6-8,10,15,17H,9H2,1-5H3. The van der Waals surface area contributed by atoms with Crippen molar-refractivity contribution in [2.75, 3.05) is 25.5 Å². The molecular formula is C13H23N3O. The van der Waals surface area contributed by atoms with E-state index < -0.39 is 5.60 Å². The van der Waals surface area contributed by atoms with E-state index in [0.717, 1.165) is 11.4 Å². The third-order valence-corrected chi connectivity index (χ3v) is 2.68. The summed E-state index contributed by atoms with van der Waals surface area (Å²) in [5.41, 5.74) is -0.0569. The lowest BCUT2D eigenvalue weighted by Crippen LogP contribution is -2.38. The Morgan fingerprint density at radius 3 is 2.47 bits per heavy atom. The lowest BCUT2D eigenvalue weighted by atomic mass is 9.97. The Labute approximate surface area is 104 Å². The molecule has 1 heterocycles. The van der Waals surface area contributed by atoms with Crippen molar-refractivity contribution in [1.82, 2.24) is 10.3 Å². The number of hydrogen-bond acceptors (Lipinski definition) is 4. The summed E-state index contributed by atoms with van der Waals surface area (Å²) >= 11 is 0. The summed E-state index contributed by atoms with van der Waals surface area (Å²) in [5, 5.41) is 13.6. The number of rotatable bonds is 5. The molecule has 2 N–H and O–H groups in total. The van der Waals surface area contributed by atoms with E-state index in [9.17, 15) is 5.11 Å². The molecule has 4 nitrogen and oxygen atoms in total. The van der Waals surface area contributed by atoms with E-state index in [0.29, 0.717) is 12.6 Å². The van der Waals surface area contributed by atoms with Crippen molar-refractivity contribution in [3.63, 3.8) is 0 Å². The second-order valence-corrected chi connectivity index (χ2v) is 5.11. The van der Waals surface area contributed by atoms with Crippen LogP contribution in [0.4, 0.5) is 5.82 Å². The maximum atomic E-state index is 10.3. The number of aliphatic hydroxyl groups is 1. The first kappa shape index (κ1) is 13.9. The van der Waals surface area contributed by atoms with Gasteiger partial charge in [-0.1, -0.05) is 19.9 Å². The van der Waals surface area contributed by atoms with E-state index in [1.54, 1.807) is 13.1 Å². The zero-order valence-electron chi connectivity index (χ0n) is 11.4. The van der Waals surface area contributed by atoms with Crippen LogP contribution < -0.4 is 10.2 Å². The number of anilines is 1. The topological polar surface area (TPSA) is 48.4 Å². The number of hydrogen-bond donors (Lipinski definition) is 2. The van der Waals surface area contributed by atoms with Gasteiger partial charge in [-0.05, 0) is 13.0 Å². The highest BCUT2D eigenvalue weighted by molar-refractivity contribution is 5.38. The van der Waals surface area contributed by atoms with Gasteiger partial charge in [-0.15, -0.1) is 0 Å². The molecule has 1 atom stereocenters. The molecule has 0 aromatic carbocycles. The van der Waals surface area contributed by atoms with Crippen molar-refractivity contribution < 1.29 is 5.11 Å². The van der Waals surface area contributed by atoms with Gasteiger partial charge in [-0.25, -0.2) is 4.98 Å². The maximum absolute atomic E-state index is 10.3. The molecule has 1 rings (SSSR count). The number of pyridine rings is 1. The van der Waals surface area contributed by atoms with Crippen molar-refractivity contribution in [3.05, 3.63) is 23.9 Å². The molecule has 1 unspecified atom stereocenters. The van der Waals surface area contributed by atoms with Crippen LogP contribution in [0.25, 0.3) is 0 Å². The third kappa shape index (κ3) is 3.98. The predicted octanol–water partition coefficient (Wildman–Crippen LogP) is 1.35. The number of nitrogens with one attached hydrogen (secondary N) is 1. The van der Waals surface area contributed by atoms with E-state index >= 15 is 0 Å². The Bertz CT molecular complexity index is 344. The molecule has 0 aliphatic heterocycles. The molecule has 0 radical (unpaired) electrons. The van der Waals surface area contributed by atoms with E-state index in [-0.39, 0.29) is 0 Å². The molecule has 1 aromatic rings. The van der Waals surface area contributed by atoms with E-state index in [4.69, 9.17) is 0 Å². The fraction of sp³-hybridized carbons (Fsp3) is 0.615. The Kier molecular flexibility index (Phi) is 4.48. The molecule has 0 saturated carbocycles. The highest BCUT2D eigenvalue weighted by Crippen LogP contribution is 2.20. The van der Waals surface area contributed by atoms with Crippen LogP contribution in [0.3, 0.4) is 0 Å². The molecule has 0 aliphatic carbocycles. The Balaban J connectivity index is 2.77. The monoisotopic (exact) mass is 237 g/mol. The summed E-state index contributed by atoms with van der Waals surface area (Å²) < 4.78 is 0. The molecule has 17 heavy (non-hydrogen) atoms. The molecule has 0 saturated heterocycles. The summed E-state index contributed by atoms with van der Waals surface area (Å²) in [4.78, 5) is 6.25. The van der Waals surface area contributed by atoms with Gasteiger partial charge in [0.05, 0.1) is 0 Å². The fourth-order valence-corrected chi connectivity index (χ4v) is 1.47. The predicted molar refractivity (Wildman–Crippen MR) is 71.3 cm³/mol. The van der Waals surface area contributed by atoms with E-state index in [2.05, 4.69) is 24.1 Å².